The van der Waals surface area contributed by atoms with Crippen molar-refractivity contribution < 1.29 is 14.7 Å². The molecule has 5 heteroatoms. The van der Waals surface area contributed by atoms with Crippen LogP contribution in [0.25, 0.3) is 0 Å². The minimum Gasteiger partial charge on any atom is -0.391 e. The van der Waals surface area contributed by atoms with Gasteiger partial charge in [-0.25, -0.2) is 0 Å². The Bertz CT molecular complexity index is 384. The van der Waals surface area contributed by atoms with E-state index in [-0.39, 0.29) is 11.8 Å². The summed E-state index contributed by atoms with van der Waals surface area (Å²) in [6, 6.07) is -0.407. The number of piperazine rings is 1. The van der Waals surface area contributed by atoms with Crippen molar-refractivity contribution in [3.8, 4) is 0 Å². The summed E-state index contributed by atoms with van der Waals surface area (Å²) in [4.78, 5) is 28.3. The summed E-state index contributed by atoms with van der Waals surface area (Å²) in [5.41, 5.74) is -0.600. The van der Waals surface area contributed by atoms with Gasteiger partial charge in [-0.15, -0.1) is 0 Å². The van der Waals surface area contributed by atoms with Gasteiger partial charge in [-0.05, 0) is 19.3 Å². The minimum atomic E-state index is -0.600. The second-order valence-corrected chi connectivity index (χ2v) is 5.34. The largest absolute Gasteiger partial charge is 0.391 e. The number of carbonyl (C=O) groups is 2. The lowest BCUT2D eigenvalue weighted by Gasteiger charge is -2.46. The maximum Gasteiger partial charge on any atom is 0.249 e. The molecule has 0 saturated carbocycles. The van der Waals surface area contributed by atoms with Crippen molar-refractivity contribution in [2.24, 2.45) is 0 Å². The first-order valence-corrected chi connectivity index (χ1v) is 6.41. The molecule has 0 aliphatic carbocycles. The van der Waals surface area contributed by atoms with Crippen LogP contribution in [0.1, 0.15) is 32.6 Å². The van der Waals surface area contributed by atoms with Crippen molar-refractivity contribution in [2.45, 2.75) is 50.3 Å². The Morgan fingerprint density at radius 2 is 2.24 bits per heavy atom. The van der Waals surface area contributed by atoms with Crippen LogP contribution < -0.4 is 0 Å². The monoisotopic (exact) mass is 238 g/mol. The second kappa shape index (κ2) is 3.45. The SMILES string of the molecule is CC[C@]12CCCN1C(=O)[C@@H]1C[C@@H](O)CN1C2=O. The first-order valence-electron chi connectivity index (χ1n) is 6.41. The summed E-state index contributed by atoms with van der Waals surface area (Å²) in [5, 5.41) is 9.65. The molecule has 2 amide bonds. The fraction of sp³-hybridized carbons (Fsp3) is 0.833. The van der Waals surface area contributed by atoms with Gasteiger partial charge in [-0.3, -0.25) is 9.59 Å². The molecule has 3 heterocycles. The molecule has 17 heavy (non-hydrogen) atoms. The lowest BCUT2D eigenvalue weighted by atomic mass is 9.87. The Labute approximate surface area is 100 Å². The van der Waals surface area contributed by atoms with Gasteiger partial charge in [0.15, 0.2) is 0 Å². The molecule has 3 saturated heterocycles. The predicted octanol–water partition coefficient (Wildman–Crippen LogP) is -0.267. The molecular formula is C12H18N2O3. The number of fused-ring (bicyclic) bond motifs is 2. The molecule has 3 aliphatic heterocycles. The number of hydrogen-bond donors (Lipinski definition) is 1. The van der Waals surface area contributed by atoms with E-state index in [4.69, 9.17) is 0 Å². The van der Waals surface area contributed by atoms with E-state index in [1.807, 2.05) is 6.92 Å². The van der Waals surface area contributed by atoms with E-state index in [2.05, 4.69) is 0 Å². The normalized spacial score (nSPS) is 40.8. The third-order valence-corrected chi connectivity index (χ3v) is 4.56. The van der Waals surface area contributed by atoms with E-state index in [0.29, 0.717) is 25.9 Å². The van der Waals surface area contributed by atoms with Gasteiger partial charge in [-0.2, -0.15) is 0 Å². The summed E-state index contributed by atoms with van der Waals surface area (Å²) in [6.07, 6.45) is 2.22. The molecule has 94 valence electrons. The Hall–Kier alpha value is -1.10. The fourth-order valence-corrected chi connectivity index (χ4v) is 3.66. The van der Waals surface area contributed by atoms with Crippen molar-refractivity contribution in [3.05, 3.63) is 0 Å². The van der Waals surface area contributed by atoms with Gasteiger partial charge in [-0.1, -0.05) is 6.92 Å². The van der Waals surface area contributed by atoms with Crippen LogP contribution in [0.15, 0.2) is 0 Å². The van der Waals surface area contributed by atoms with Crippen LogP contribution in [0.3, 0.4) is 0 Å². The van der Waals surface area contributed by atoms with Crippen LogP contribution >= 0.6 is 0 Å². The zero-order valence-corrected chi connectivity index (χ0v) is 10.1. The molecule has 0 aromatic carbocycles. The summed E-state index contributed by atoms with van der Waals surface area (Å²) in [6.45, 7) is 2.99. The lowest BCUT2D eigenvalue weighted by molar-refractivity contribution is -0.165. The average Bonchev–Trinajstić information content (AvgIpc) is 2.90. The van der Waals surface area contributed by atoms with Gasteiger partial charge in [0.05, 0.1) is 6.10 Å². The molecule has 1 N–H and O–H groups in total. The highest BCUT2D eigenvalue weighted by Gasteiger charge is 2.59. The predicted molar refractivity (Wildman–Crippen MR) is 60.1 cm³/mol. The highest BCUT2D eigenvalue weighted by Crippen LogP contribution is 2.41. The van der Waals surface area contributed by atoms with E-state index >= 15 is 0 Å². The summed E-state index contributed by atoms with van der Waals surface area (Å²) in [7, 11) is 0. The van der Waals surface area contributed by atoms with E-state index in [9.17, 15) is 14.7 Å². The molecule has 0 spiro atoms. The lowest BCUT2D eigenvalue weighted by Crippen LogP contribution is -2.67. The molecule has 3 rings (SSSR count). The van der Waals surface area contributed by atoms with Gasteiger partial charge in [0.2, 0.25) is 11.8 Å². The third kappa shape index (κ3) is 1.23. The van der Waals surface area contributed by atoms with Crippen LogP contribution in [0.4, 0.5) is 0 Å². The standard InChI is InChI=1S/C12H18N2O3/c1-2-12-4-3-5-14(12)10(16)9-6-8(15)7-13(9)11(12)17/h8-9,15H,2-7H2,1H3/t8-,9+,12-/m1/s1. The summed E-state index contributed by atoms with van der Waals surface area (Å²) in [5.74, 6) is 0.0964. The molecule has 3 aliphatic rings. The first kappa shape index (κ1) is 11.0. The smallest absolute Gasteiger partial charge is 0.249 e. The van der Waals surface area contributed by atoms with Gasteiger partial charge >= 0.3 is 0 Å². The highest BCUT2D eigenvalue weighted by molar-refractivity contribution is 6.00. The van der Waals surface area contributed by atoms with Gasteiger partial charge in [0.25, 0.3) is 0 Å². The molecule has 0 aromatic heterocycles. The molecule has 0 aromatic rings. The van der Waals surface area contributed by atoms with E-state index in [1.54, 1.807) is 9.80 Å². The van der Waals surface area contributed by atoms with Crippen molar-refractivity contribution in [2.75, 3.05) is 13.1 Å². The molecule has 0 unspecified atom stereocenters. The quantitative estimate of drug-likeness (QED) is 0.684. The molecule has 3 fully saturated rings. The second-order valence-electron chi connectivity index (χ2n) is 5.34. The number of nitrogens with zero attached hydrogens (tertiary/aromatic N) is 2. The number of carbonyl (C=O) groups excluding carboxylic acids is 2. The van der Waals surface area contributed by atoms with Gasteiger partial charge in [0, 0.05) is 19.5 Å². The Morgan fingerprint density at radius 3 is 2.94 bits per heavy atom. The van der Waals surface area contributed by atoms with E-state index in [0.717, 1.165) is 12.8 Å². The topological polar surface area (TPSA) is 60.9 Å². The summed E-state index contributed by atoms with van der Waals surface area (Å²) < 4.78 is 0. The van der Waals surface area contributed by atoms with Crippen molar-refractivity contribution >= 4 is 11.8 Å². The van der Waals surface area contributed by atoms with Crippen molar-refractivity contribution in [3.63, 3.8) is 0 Å². The zero-order chi connectivity index (χ0) is 12.2. The van der Waals surface area contributed by atoms with Crippen LogP contribution in [0.5, 0.6) is 0 Å². The number of aliphatic hydroxyl groups excluding tert-OH is 1. The van der Waals surface area contributed by atoms with Crippen molar-refractivity contribution in [1.29, 1.82) is 0 Å². The molecular weight excluding hydrogens is 220 g/mol. The maximum absolute atomic E-state index is 12.6. The molecule has 0 bridgehead atoms. The average molecular weight is 238 g/mol. The van der Waals surface area contributed by atoms with Crippen molar-refractivity contribution in [1.82, 2.24) is 9.80 Å². The number of aliphatic hydroxyl groups is 1. The number of rotatable bonds is 1. The van der Waals surface area contributed by atoms with Crippen LogP contribution in [0, 0.1) is 0 Å². The number of hydrogen-bond acceptors (Lipinski definition) is 3. The van der Waals surface area contributed by atoms with Gasteiger partial charge in [0.1, 0.15) is 11.6 Å². The maximum atomic E-state index is 12.6. The van der Waals surface area contributed by atoms with Gasteiger partial charge < -0.3 is 14.9 Å². The summed E-state index contributed by atoms with van der Waals surface area (Å²) >= 11 is 0. The highest BCUT2D eigenvalue weighted by atomic mass is 16.3. The van der Waals surface area contributed by atoms with Crippen LogP contribution in [0.2, 0.25) is 0 Å². The first-order chi connectivity index (χ1) is 8.10. The Kier molecular flexibility index (Phi) is 2.23. The minimum absolute atomic E-state index is 0.0421. The van der Waals surface area contributed by atoms with Crippen LogP contribution in [-0.4, -0.2) is 57.5 Å². The van der Waals surface area contributed by atoms with E-state index in [1.165, 1.54) is 0 Å². The molecule has 3 atom stereocenters. The third-order valence-electron chi connectivity index (χ3n) is 4.56. The molecule has 5 nitrogen and oxygen atoms in total. The zero-order valence-electron chi connectivity index (χ0n) is 10.1. The molecule has 0 radical (unpaired) electrons. The van der Waals surface area contributed by atoms with E-state index < -0.39 is 17.7 Å². The fourth-order valence-electron chi connectivity index (χ4n) is 3.66. The number of amides is 2. The Balaban J connectivity index is 2.01. The Morgan fingerprint density at radius 1 is 1.47 bits per heavy atom. The van der Waals surface area contributed by atoms with Crippen LogP contribution in [-0.2, 0) is 9.59 Å².